The highest BCUT2D eigenvalue weighted by Crippen LogP contribution is 2.11. The van der Waals surface area contributed by atoms with Crippen LogP contribution in [0.5, 0.6) is 0 Å². The number of hydrogen-bond acceptors (Lipinski definition) is 2. The first-order valence-electron chi connectivity index (χ1n) is 4.78. The molecule has 0 aromatic heterocycles. The normalized spacial score (nSPS) is 13.7. The van der Waals surface area contributed by atoms with Crippen LogP contribution in [0.3, 0.4) is 0 Å². The highest BCUT2D eigenvalue weighted by molar-refractivity contribution is 5.75. The first-order valence-corrected chi connectivity index (χ1v) is 4.78. The predicted octanol–water partition coefficient (Wildman–Crippen LogP) is 0.905. The predicted molar refractivity (Wildman–Crippen MR) is 54.0 cm³/mol. The van der Waals surface area contributed by atoms with E-state index in [1.54, 1.807) is 0 Å². The van der Waals surface area contributed by atoms with Crippen molar-refractivity contribution >= 4 is 11.8 Å². The highest BCUT2D eigenvalue weighted by atomic mass is 16.4. The molecule has 1 atom stereocenters. The zero-order valence-electron chi connectivity index (χ0n) is 9.41. The van der Waals surface area contributed by atoms with E-state index in [1.807, 2.05) is 21.1 Å². The van der Waals surface area contributed by atoms with Crippen LogP contribution in [0.15, 0.2) is 0 Å². The van der Waals surface area contributed by atoms with Crippen LogP contribution in [0.4, 0.5) is 0 Å². The number of carbonyl (C=O) groups is 2. The van der Waals surface area contributed by atoms with E-state index in [1.165, 1.54) is 6.92 Å². The number of ketones is 1. The number of likely N-dealkylation sites (N-methyl/N-ethyl adjacent to an activating group) is 1. The van der Waals surface area contributed by atoms with E-state index in [-0.39, 0.29) is 5.78 Å². The van der Waals surface area contributed by atoms with Crippen LogP contribution in [0, 0.1) is 0 Å². The largest absolute Gasteiger partial charge is 0.477 e. The minimum absolute atomic E-state index is 0.121. The Morgan fingerprint density at radius 3 is 2.07 bits per heavy atom. The maximum absolute atomic E-state index is 10.9. The zero-order valence-corrected chi connectivity index (χ0v) is 9.41. The van der Waals surface area contributed by atoms with Crippen molar-refractivity contribution in [3.05, 3.63) is 0 Å². The summed E-state index contributed by atoms with van der Waals surface area (Å²) in [5, 5.41) is 8.97. The molecule has 0 aliphatic heterocycles. The van der Waals surface area contributed by atoms with Gasteiger partial charge in [0, 0.05) is 12.8 Å². The van der Waals surface area contributed by atoms with Crippen LogP contribution in [0.25, 0.3) is 0 Å². The number of quaternary nitrogens is 1. The Balaban J connectivity index is 4.13. The maximum Gasteiger partial charge on any atom is 0.362 e. The Hall–Kier alpha value is -0.900. The van der Waals surface area contributed by atoms with Crippen LogP contribution in [0.1, 0.15) is 26.2 Å². The fourth-order valence-corrected chi connectivity index (χ4v) is 1.39. The second-order valence-corrected chi connectivity index (χ2v) is 4.56. The number of carboxylic acid groups (broad SMARTS) is 1. The van der Waals surface area contributed by atoms with Crippen molar-refractivity contribution in [2.24, 2.45) is 0 Å². The van der Waals surface area contributed by atoms with E-state index in [9.17, 15) is 9.59 Å². The molecule has 14 heavy (non-hydrogen) atoms. The molecule has 0 aromatic carbocycles. The summed E-state index contributed by atoms with van der Waals surface area (Å²) in [7, 11) is 5.56. The number of carboxylic acids is 1. The molecule has 0 aromatic rings. The molecule has 0 aliphatic carbocycles. The number of aliphatic carboxylic acids is 1. The number of nitrogens with zero attached hydrogens (tertiary/aromatic N) is 1. The van der Waals surface area contributed by atoms with Gasteiger partial charge in [-0.15, -0.1) is 0 Å². The molecular weight excluding hydrogens is 182 g/mol. The minimum Gasteiger partial charge on any atom is -0.477 e. The van der Waals surface area contributed by atoms with E-state index in [2.05, 4.69) is 0 Å². The number of rotatable bonds is 6. The van der Waals surface area contributed by atoms with Crippen molar-refractivity contribution in [3.8, 4) is 0 Å². The lowest BCUT2D eigenvalue weighted by Crippen LogP contribution is -2.49. The van der Waals surface area contributed by atoms with Gasteiger partial charge >= 0.3 is 5.97 Å². The average Bonchev–Trinajstić information content (AvgIpc) is 1.94. The first kappa shape index (κ1) is 13.1. The molecule has 0 saturated carbocycles. The standard InChI is InChI=1S/C10H19NO3/c1-8(12)6-5-7-9(10(13)14)11(2,3)4/h9H,5-7H2,1-4H3/p+1. The van der Waals surface area contributed by atoms with E-state index in [0.29, 0.717) is 23.7 Å². The van der Waals surface area contributed by atoms with E-state index in [0.717, 1.165) is 0 Å². The Kier molecular flexibility index (Phi) is 4.77. The summed E-state index contributed by atoms with van der Waals surface area (Å²) in [5.41, 5.74) is 0. The van der Waals surface area contributed by atoms with Gasteiger partial charge in [0.05, 0.1) is 21.1 Å². The Morgan fingerprint density at radius 1 is 1.29 bits per heavy atom. The molecule has 82 valence electrons. The molecule has 0 saturated heterocycles. The summed E-state index contributed by atoms with van der Waals surface area (Å²) in [6.07, 6.45) is 1.68. The molecular formula is C10H20NO3+. The summed E-state index contributed by atoms with van der Waals surface area (Å²) in [6.45, 7) is 1.53. The molecule has 0 fully saturated rings. The van der Waals surface area contributed by atoms with Crippen molar-refractivity contribution in [3.63, 3.8) is 0 Å². The van der Waals surface area contributed by atoms with Gasteiger partial charge in [0.1, 0.15) is 5.78 Å². The van der Waals surface area contributed by atoms with Gasteiger partial charge < -0.3 is 14.4 Å². The molecule has 4 heteroatoms. The summed E-state index contributed by atoms with van der Waals surface area (Å²) < 4.78 is 0.396. The van der Waals surface area contributed by atoms with Crippen molar-refractivity contribution in [1.29, 1.82) is 0 Å². The van der Waals surface area contributed by atoms with Gasteiger partial charge in [-0.3, -0.25) is 0 Å². The molecule has 1 N–H and O–H groups in total. The Bertz CT molecular complexity index is 218. The highest BCUT2D eigenvalue weighted by Gasteiger charge is 2.30. The monoisotopic (exact) mass is 202 g/mol. The summed E-state index contributed by atoms with van der Waals surface area (Å²) in [5.74, 6) is -0.670. The van der Waals surface area contributed by atoms with E-state index in [4.69, 9.17) is 5.11 Å². The maximum atomic E-state index is 10.9. The number of carbonyl (C=O) groups excluding carboxylic acids is 1. The number of hydrogen-bond donors (Lipinski definition) is 1. The molecule has 0 radical (unpaired) electrons. The van der Waals surface area contributed by atoms with Crippen molar-refractivity contribution in [2.45, 2.75) is 32.2 Å². The topological polar surface area (TPSA) is 54.4 Å². The van der Waals surface area contributed by atoms with Crippen molar-refractivity contribution in [1.82, 2.24) is 0 Å². The molecule has 0 amide bonds. The van der Waals surface area contributed by atoms with E-state index >= 15 is 0 Å². The van der Waals surface area contributed by atoms with Crippen molar-refractivity contribution in [2.75, 3.05) is 21.1 Å². The Labute approximate surface area is 85.1 Å². The van der Waals surface area contributed by atoms with Crippen molar-refractivity contribution < 1.29 is 19.2 Å². The van der Waals surface area contributed by atoms with E-state index < -0.39 is 12.0 Å². The Morgan fingerprint density at radius 2 is 1.79 bits per heavy atom. The third-order valence-electron chi connectivity index (χ3n) is 2.23. The first-order chi connectivity index (χ1) is 6.25. The van der Waals surface area contributed by atoms with Gasteiger partial charge in [0.15, 0.2) is 6.04 Å². The number of Topliss-reactive ketones (excluding diaryl/α,β-unsaturated/α-hetero) is 1. The molecule has 0 spiro atoms. The fraction of sp³-hybridized carbons (Fsp3) is 0.800. The second-order valence-electron chi connectivity index (χ2n) is 4.56. The van der Waals surface area contributed by atoms with Gasteiger partial charge in [-0.1, -0.05) is 0 Å². The average molecular weight is 202 g/mol. The molecule has 1 unspecified atom stereocenters. The molecule has 0 rings (SSSR count). The summed E-state index contributed by atoms with van der Waals surface area (Å²) >= 11 is 0. The SMILES string of the molecule is CC(=O)CCCC(C(=O)O)[N+](C)(C)C. The molecule has 0 bridgehead atoms. The van der Waals surface area contributed by atoms with Gasteiger partial charge in [-0.05, 0) is 13.3 Å². The molecule has 0 heterocycles. The van der Waals surface area contributed by atoms with Crippen LogP contribution >= 0.6 is 0 Å². The van der Waals surface area contributed by atoms with Gasteiger partial charge in [-0.2, -0.15) is 0 Å². The lowest BCUT2D eigenvalue weighted by atomic mass is 10.1. The van der Waals surface area contributed by atoms with Gasteiger partial charge in [0.25, 0.3) is 0 Å². The van der Waals surface area contributed by atoms with Crippen LogP contribution in [-0.4, -0.2) is 48.5 Å². The smallest absolute Gasteiger partial charge is 0.362 e. The zero-order chi connectivity index (χ0) is 11.4. The van der Waals surface area contributed by atoms with Crippen LogP contribution in [0.2, 0.25) is 0 Å². The third kappa shape index (κ3) is 4.97. The minimum atomic E-state index is -0.791. The van der Waals surface area contributed by atoms with Crippen LogP contribution < -0.4 is 0 Å². The lowest BCUT2D eigenvalue weighted by molar-refractivity contribution is -0.887. The van der Waals surface area contributed by atoms with Gasteiger partial charge in [0.2, 0.25) is 0 Å². The lowest BCUT2D eigenvalue weighted by Gasteiger charge is -2.30. The fourth-order valence-electron chi connectivity index (χ4n) is 1.39. The molecule has 4 nitrogen and oxygen atoms in total. The summed E-state index contributed by atoms with van der Waals surface area (Å²) in [4.78, 5) is 21.6. The summed E-state index contributed by atoms with van der Waals surface area (Å²) in [6, 6.07) is -0.422. The third-order valence-corrected chi connectivity index (χ3v) is 2.23. The van der Waals surface area contributed by atoms with Gasteiger partial charge in [-0.25, -0.2) is 4.79 Å². The molecule has 0 aliphatic rings. The second kappa shape index (κ2) is 5.10. The van der Waals surface area contributed by atoms with Crippen LogP contribution in [-0.2, 0) is 9.59 Å². The quantitative estimate of drug-likeness (QED) is 0.651.